The van der Waals surface area contributed by atoms with Gasteiger partial charge in [0, 0.05) is 6.54 Å². The van der Waals surface area contributed by atoms with Crippen LogP contribution in [0.4, 0.5) is 4.39 Å². The molecule has 1 rings (SSSR count). The molecule has 0 amide bonds. The Labute approximate surface area is 82.7 Å². The molecule has 0 saturated carbocycles. The zero-order valence-electron chi connectivity index (χ0n) is 7.77. The van der Waals surface area contributed by atoms with Crippen LogP contribution in [-0.2, 0) is 10.0 Å². The summed E-state index contributed by atoms with van der Waals surface area (Å²) in [5, 5.41) is 7.39. The molecule has 6 heteroatoms. The minimum absolute atomic E-state index is 0.242. The monoisotopic (exact) mass is 218 g/mol. The Balaban J connectivity index is 2.86. The van der Waals surface area contributed by atoms with Crippen LogP contribution in [0.1, 0.15) is 13.3 Å². The van der Waals surface area contributed by atoms with E-state index >= 15 is 0 Å². The summed E-state index contributed by atoms with van der Waals surface area (Å²) >= 11 is 0. The van der Waals surface area contributed by atoms with Crippen LogP contribution in [0.2, 0.25) is 0 Å². The third-order valence-electron chi connectivity index (χ3n) is 2.06. The van der Waals surface area contributed by atoms with Crippen molar-refractivity contribution in [2.75, 3.05) is 13.1 Å². The fraction of sp³-hybridized carbons (Fsp3) is 0.625. The number of nitrogens with zero attached hydrogens (tertiary/aromatic N) is 2. The van der Waals surface area contributed by atoms with E-state index in [4.69, 9.17) is 5.26 Å². The fourth-order valence-corrected chi connectivity index (χ4v) is 2.43. The van der Waals surface area contributed by atoms with Crippen molar-refractivity contribution < 1.29 is 12.8 Å². The number of halogens is 1. The van der Waals surface area contributed by atoms with E-state index in [1.807, 2.05) is 0 Å². The molecule has 1 heterocycles. The van der Waals surface area contributed by atoms with Crippen molar-refractivity contribution in [1.29, 1.82) is 5.26 Å². The quantitative estimate of drug-likeness (QED) is 0.688. The first-order chi connectivity index (χ1) is 6.48. The molecular formula is C8H11FN2O2S. The van der Waals surface area contributed by atoms with Gasteiger partial charge in [-0.25, -0.2) is 12.8 Å². The zero-order chi connectivity index (χ0) is 10.8. The van der Waals surface area contributed by atoms with Gasteiger partial charge in [0.05, 0.1) is 12.6 Å². The van der Waals surface area contributed by atoms with E-state index in [1.165, 1.54) is 13.0 Å². The van der Waals surface area contributed by atoms with E-state index in [0.717, 1.165) is 4.31 Å². The Kier molecular flexibility index (Phi) is 3.24. The van der Waals surface area contributed by atoms with Crippen LogP contribution in [0.3, 0.4) is 0 Å². The van der Waals surface area contributed by atoms with Gasteiger partial charge in [-0.15, -0.1) is 0 Å². The van der Waals surface area contributed by atoms with Crippen LogP contribution in [0.25, 0.3) is 0 Å². The molecule has 0 N–H and O–H groups in total. The number of hydrogen-bond donors (Lipinski definition) is 0. The predicted molar refractivity (Wildman–Crippen MR) is 49.4 cm³/mol. The molecule has 14 heavy (non-hydrogen) atoms. The molecule has 0 aliphatic carbocycles. The van der Waals surface area contributed by atoms with Gasteiger partial charge in [0.15, 0.2) is 5.25 Å². The normalized spacial score (nSPS) is 21.1. The Morgan fingerprint density at radius 3 is 2.86 bits per heavy atom. The van der Waals surface area contributed by atoms with Gasteiger partial charge in [0.1, 0.15) is 5.83 Å². The molecule has 1 aliphatic rings. The maximum absolute atomic E-state index is 12.8. The van der Waals surface area contributed by atoms with E-state index in [2.05, 4.69) is 0 Å². The van der Waals surface area contributed by atoms with Gasteiger partial charge in [-0.05, 0) is 13.3 Å². The summed E-state index contributed by atoms with van der Waals surface area (Å²) in [5.74, 6) is -0.454. The average Bonchev–Trinajstić information content (AvgIpc) is 2.16. The van der Waals surface area contributed by atoms with E-state index < -0.39 is 21.1 Å². The first kappa shape index (κ1) is 11.1. The zero-order valence-corrected chi connectivity index (χ0v) is 8.59. The summed E-state index contributed by atoms with van der Waals surface area (Å²) in [6.07, 6.45) is 1.73. The van der Waals surface area contributed by atoms with Crippen LogP contribution >= 0.6 is 0 Å². The first-order valence-corrected chi connectivity index (χ1v) is 5.72. The van der Waals surface area contributed by atoms with Gasteiger partial charge < -0.3 is 0 Å². The topological polar surface area (TPSA) is 61.2 Å². The van der Waals surface area contributed by atoms with E-state index in [-0.39, 0.29) is 13.1 Å². The molecule has 0 aromatic rings. The molecular weight excluding hydrogens is 207 g/mol. The Bertz CT molecular complexity index is 383. The van der Waals surface area contributed by atoms with E-state index in [9.17, 15) is 12.8 Å². The lowest BCUT2D eigenvalue weighted by Gasteiger charge is -2.24. The van der Waals surface area contributed by atoms with Crippen molar-refractivity contribution in [3.05, 3.63) is 11.9 Å². The number of nitriles is 1. The lowest BCUT2D eigenvalue weighted by atomic mass is 10.3. The largest absolute Gasteiger partial charge is 0.230 e. The molecule has 0 aromatic carbocycles. The summed E-state index contributed by atoms with van der Waals surface area (Å²) in [6.45, 7) is 1.31. The third-order valence-corrected chi connectivity index (χ3v) is 4.09. The maximum Gasteiger partial charge on any atom is 0.230 e. The number of hydrogen-bond acceptors (Lipinski definition) is 3. The van der Waals surface area contributed by atoms with Gasteiger partial charge in [-0.3, -0.25) is 0 Å². The predicted octanol–water partition coefficient (Wildman–Crippen LogP) is 0.787. The van der Waals surface area contributed by atoms with Crippen LogP contribution in [0.5, 0.6) is 0 Å². The van der Waals surface area contributed by atoms with Gasteiger partial charge in [-0.1, -0.05) is 6.08 Å². The minimum atomic E-state index is -3.65. The number of sulfonamides is 1. The van der Waals surface area contributed by atoms with Crippen molar-refractivity contribution in [3.63, 3.8) is 0 Å². The smallest absolute Gasteiger partial charge is 0.211 e. The third kappa shape index (κ3) is 2.11. The van der Waals surface area contributed by atoms with Gasteiger partial charge in [0.25, 0.3) is 0 Å². The lowest BCUT2D eigenvalue weighted by molar-refractivity contribution is 0.386. The van der Waals surface area contributed by atoms with Crippen molar-refractivity contribution >= 4 is 10.0 Å². The molecule has 0 radical (unpaired) electrons. The SMILES string of the molecule is CC(C#N)S(=O)(=O)N1CCC=C(F)C1. The van der Waals surface area contributed by atoms with Crippen LogP contribution in [0, 0.1) is 11.3 Å². The molecule has 0 bridgehead atoms. The second-order valence-corrected chi connectivity index (χ2v) is 5.34. The maximum atomic E-state index is 12.8. The molecule has 4 nitrogen and oxygen atoms in total. The van der Waals surface area contributed by atoms with Crippen LogP contribution in [-0.4, -0.2) is 31.1 Å². The summed E-state index contributed by atoms with van der Waals surface area (Å²) in [5.41, 5.74) is 0. The van der Waals surface area contributed by atoms with Crippen molar-refractivity contribution in [1.82, 2.24) is 4.31 Å². The molecule has 1 atom stereocenters. The van der Waals surface area contributed by atoms with Crippen LogP contribution in [0.15, 0.2) is 11.9 Å². The van der Waals surface area contributed by atoms with Gasteiger partial charge in [-0.2, -0.15) is 9.57 Å². The molecule has 1 aliphatic heterocycles. The van der Waals surface area contributed by atoms with Crippen LogP contribution < -0.4 is 0 Å². The highest BCUT2D eigenvalue weighted by atomic mass is 32.2. The summed E-state index contributed by atoms with van der Waals surface area (Å²) in [4.78, 5) is 0. The highest BCUT2D eigenvalue weighted by molar-refractivity contribution is 7.89. The molecule has 0 aromatic heterocycles. The highest BCUT2D eigenvalue weighted by Gasteiger charge is 2.30. The Morgan fingerprint density at radius 1 is 1.71 bits per heavy atom. The molecule has 0 fully saturated rings. The Morgan fingerprint density at radius 2 is 2.36 bits per heavy atom. The van der Waals surface area contributed by atoms with Crippen molar-refractivity contribution in [2.45, 2.75) is 18.6 Å². The second-order valence-electron chi connectivity index (χ2n) is 3.09. The number of rotatable bonds is 2. The highest BCUT2D eigenvalue weighted by Crippen LogP contribution is 2.17. The second kappa shape index (κ2) is 4.07. The van der Waals surface area contributed by atoms with Crippen molar-refractivity contribution in [2.24, 2.45) is 0 Å². The van der Waals surface area contributed by atoms with Gasteiger partial charge >= 0.3 is 0 Å². The minimum Gasteiger partial charge on any atom is -0.211 e. The van der Waals surface area contributed by atoms with Gasteiger partial charge in [0.2, 0.25) is 10.0 Å². The lowest BCUT2D eigenvalue weighted by Crippen LogP contribution is -2.39. The molecule has 78 valence electrons. The average molecular weight is 218 g/mol. The van der Waals surface area contributed by atoms with E-state index in [0.29, 0.717) is 6.42 Å². The Hall–Kier alpha value is -0.930. The summed E-state index contributed by atoms with van der Waals surface area (Å²) in [6, 6.07) is 1.65. The molecule has 1 unspecified atom stereocenters. The first-order valence-electron chi connectivity index (χ1n) is 4.21. The van der Waals surface area contributed by atoms with Crippen molar-refractivity contribution in [3.8, 4) is 6.07 Å². The standard InChI is InChI=1S/C8H11FN2O2S/c1-7(5-10)14(12,13)11-4-2-3-8(9)6-11/h3,7H,2,4,6H2,1H3. The van der Waals surface area contributed by atoms with E-state index in [1.54, 1.807) is 6.07 Å². The molecule has 0 saturated heterocycles. The summed E-state index contributed by atoms with van der Waals surface area (Å²) in [7, 11) is -3.65. The fourth-order valence-electron chi connectivity index (χ4n) is 1.18. The summed E-state index contributed by atoms with van der Waals surface area (Å²) < 4.78 is 37.0. The molecule has 0 spiro atoms.